The number of quaternary nitrogens is 1. The van der Waals surface area contributed by atoms with Crippen molar-refractivity contribution in [3.05, 3.63) is 42.0 Å². The van der Waals surface area contributed by atoms with Crippen molar-refractivity contribution in [2.75, 3.05) is 37.6 Å². The second-order valence-electron chi connectivity index (χ2n) is 6.43. The first-order valence-electron chi connectivity index (χ1n) is 8.11. The van der Waals surface area contributed by atoms with Gasteiger partial charge in [0, 0.05) is 11.6 Å². The van der Waals surface area contributed by atoms with Gasteiger partial charge in [-0.25, -0.2) is 0 Å². The molecule has 1 atom stereocenters. The smallest absolute Gasteiger partial charge is 0.0949 e. The van der Waals surface area contributed by atoms with Crippen LogP contribution in [0, 0.1) is 12.8 Å². The Hall–Kier alpha value is -1.28. The van der Waals surface area contributed by atoms with Gasteiger partial charge in [-0.05, 0) is 38.3 Å². The molecule has 0 amide bonds. The number of piperazine rings is 1. The second-order valence-corrected chi connectivity index (χ2v) is 6.43. The lowest BCUT2D eigenvalue weighted by Gasteiger charge is -2.35. The summed E-state index contributed by atoms with van der Waals surface area (Å²) in [5, 5.41) is 0. The van der Waals surface area contributed by atoms with Gasteiger partial charge in [0.2, 0.25) is 0 Å². The highest BCUT2D eigenvalue weighted by atomic mass is 15.3. The van der Waals surface area contributed by atoms with E-state index in [0.29, 0.717) is 0 Å². The largest absolute Gasteiger partial charge is 0.360 e. The third-order valence-corrected chi connectivity index (χ3v) is 4.82. The molecule has 1 N–H and O–H groups in total. The Kier molecular flexibility index (Phi) is 4.41. The summed E-state index contributed by atoms with van der Waals surface area (Å²) in [6.45, 7) is 8.56. The number of hydrogen-bond donors (Lipinski definition) is 1. The second kappa shape index (κ2) is 6.45. The molecule has 1 saturated heterocycles. The van der Waals surface area contributed by atoms with E-state index in [9.17, 15) is 0 Å². The minimum atomic E-state index is 0.931. The van der Waals surface area contributed by atoms with Crippen LogP contribution >= 0.6 is 0 Å². The van der Waals surface area contributed by atoms with E-state index >= 15 is 0 Å². The molecule has 0 aromatic heterocycles. The minimum Gasteiger partial charge on any atom is -0.360 e. The Morgan fingerprint density at radius 3 is 2.50 bits per heavy atom. The monoisotopic (exact) mass is 271 g/mol. The van der Waals surface area contributed by atoms with Crippen molar-refractivity contribution in [2.45, 2.75) is 26.2 Å². The fourth-order valence-electron chi connectivity index (χ4n) is 3.49. The van der Waals surface area contributed by atoms with E-state index < -0.39 is 0 Å². The number of hydrogen-bond acceptors (Lipinski definition) is 1. The molecule has 3 rings (SSSR count). The van der Waals surface area contributed by atoms with Crippen molar-refractivity contribution in [3.8, 4) is 0 Å². The summed E-state index contributed by atoms with van der Waals surface area (Å²) in [6, 6.07) is 8.99. The number of anilines is 1. The Morgan fingerprint density at radius 2 is 1.85 bits per heavy atom. The molecule has 20 heavy (non-hydrogen) atoms. The molecular weight excluding hydrogens is 244 g/mol. The molecule has 1 aromatic carbocycles. The fraction of sp³-hybridized carbons (Fsp3) is 0.556. The van der Waals surface area contributed by atoms with Gasteiger partial charge in [0.1, 0.15) is 0 Å². The number of aryl methyl sites for hydroxylation is 1. The molecule has 0 bridgehead atoms. The number of nitrogens with zero attached hydrogens (tertiary/aromatic N) is 1. The maximum atomic E-state index is 2.55. The number of benzene rings is 1. The van der Waals surface area contributed by atoms with Crippen LogP contribution in [-0.4, -0.2) is 32.7 Å². The molecule has 1 aromatic rings. The zero-order valence-electron chi connectivity index (χ0n) is 12.6. The topological polar surface area (TPSA) is 7.68 Å². The highest BCUT2D eigenvalue weighted by molar-refractivity contribution is 5.47. The first-order chi connectivity index (χ1) is 9.81. The third-order valence-electron chi connectivity index (χ3n) is 4.82. The van der Waals surface area contributed by atoms with Crippen LogP contribution in [0.2, 0.25) is 0 Å². The van der Waals surface area contributed by atoms with Crippen LogP contribution in [-0.2, 0) is 0 Å². The summed E-state index contributed by atoms with van der Waals surface area (Å²) in [7, 11) is 0. The van der Waals surface area contributed by atoms with Crippen molar-refractivity contribution in [2.24, 2.45) is 5.92 Å². The van der Waals surface area contributed by atoms with Crippen LogP contribution in [0.4, 0.5) is 5.69 Å². The van der Waals surface area contributed by atoms with Crippen molar-refractivity contribution >= 4 is 5.69 Å². The maximum Gasteiger partial charge on any atom is 0.0949 e. The lowest BCUT2D eigenvalue weighted by Crippen LogP contribution is -3.15. The Balaban J connectivity index is 1.49. The van der Waals surface area contributed by atoms with Gasteiger partial charge in [-0.1, -0.05) is 29.8 Å². The zero-order chi connectivity index (χ0) is 13.8. The van der Waals surface area contributed by atoms with Crippen molar-refractivity contribution in [1.29, 1.82) is 0 Å². The van der Waals surface area contributed by atoms with E-state index in [0.717, 1.165) is 5.92 Å². The predicted octanol–water partition coefficient (Wildman–Crippen LogP) is 2.06. The maximum absolute atomic E-state index is 2.55. The number of allylic oxidation sites excluding steroid dienone is 2. The summed E-state index contributed by atoms with van der Waals surface area (Å²) in [6.07, 6.45) is 8.75. The Labute approximate surface area is 123 Å². The average Bonchev–Trinajstić information content (AvgIpc) is 2.50. The predicted molar refractivity (Wildman–Crippen MR) is 85.4 cm³/mol. The molecular formula is C18H27N2+. The van der Waals surface area contributed by atoms with Crippen LogP contribution < -0.4 is 9.80 Å². The Morgan fingerprint density at radius 1 is 1.10 bits per heavy atom. The SMILES string of the molecule is Cc1ccc(N2CC[NH+](C[C@@H]3CC=CCC3)CC2)cc1. The molecule has 0 saturated carbocycles. The first kappa shape index (κ1) is 13.7. The van der Waals surface area contributed by atoms with Gasteiger partial charge in [-0.15, -0.1) is 0 Å². The third kappa shape index (κ3) is 3.43. The Bertz CT molecular complexity index is 441. The van der Waals surface area contributed by atoms with E-state index in [1.165, 1.54) is 63.2 Å². The van der Waals surface area contributed by atoms with Gasteiger partial charge >= 0.3 is 0 Å². The summed E-state index contributed by atoms with van der Waals surface area (Å²) >= 11 is 0. The highest BCUT2D eigenvalue weighted by Gasteiger charge is 2.23. The van der Waals surface area contributed by atoms with Crippen LogP contribution in [0.15, 0.2) is 36.4 Å². The van der Waals surface area contributed by atoms with Gasteiger partial charge in [0.15, 0.2) is 0 Å². The summed E-state index contributed by atoms with van der Waals surface area (Å²) in [5.74, 6) is 0.931. The van der Waals surface area contributed by atoms with Crippen molar-refractivity contribution in [3.63, 3.8) is 0 Å². The van der Waals surface area contributed by atoms with E-state index in [4.69, 9.17) is 0 Å². The van der Waals surface area contributed by atoms with Gasteiger partial charge in [0.25, 0.3) is 0 Å². The fourth-order valence-corrected chi connectivity index (χ4v) is 3.49. The van der Waals surface area contributed by atoms with Gasteiger partial charge in [0.05, 0.1) is 32.7 Å². The molecule has 108 valence electrons. The number of nitrogens with one attached hydrogen (secondary N) is 1. The van der Waals surface area contributed by atoms with Crippen LogP contribution in [0.3, 0.4) is 0 Å². The molecule has 1 fully saturated rings. The van der Waals surface area contributed by atoms with Gasteiger partial charge in [-0.2, -0.15) is 0 Å². The summed E-state index contributed by atoms with van der Waals surface area (Å²) < 4.78 is 0. The highest BCUT2D eigenvalue weighted by Crippen LogP contribution is 2.17. The molecule has 1 aliphatic carbocycles. The van der Waals surface area contributed by atoms with Gasteiger partial charge in [-0.3, -0.25) is 0 Å². The number of rotatable bonds is 3. The van der Waals surface area contributed by atoms with Crippen LogP contribution in [0.5, 0.6) is 0 Å². The minimum absolute atomic E-state index is 0.931. The average molecular weight is 271 g/mol. The normalized spacial score (nSPS) is 24.1. The van der Waals surface area contributed by atoms with Crippen molar-refractivity contribution in [1.82, 2.24) is 0 Å². The summed E-state index contributed by atoms with van der Waals surface area (Å²) in [4.78, 5) is 4.36. The molecule has 2 heteroatoms. The first-order valence-corrected chi connectivity index (χ1v) is 8.11. The van der Waals surface area contributed by atoms with Gasteiger partial charge < -0.3 is 9.80 Å². The molecule has 1 aliphatic heterocycles. The van der Waals surface area contributed by atoms with Crippen molar-refractivity contribution < 1.29 is 4.90 Å². The molecule has 0 spiro atoms. The van der Waals surface area contributed by atoms with E-state index in [2.05, 4.69) is 48.2 Å². The molecule has 0 unspecified atom stereocenters. The van der Waals surface area contributed by atoms with Crippen LogP contribution in [0.1, 0.15) is 24.8 Å². The molecule has 0 radical (unpaired) electrons. The van der Waals surface area contributed by atoms with Crippen LogP contribution in [0.25, 0.3) is 0 Å². The summed E-state index contributed by atoms with van der Waals surface area (Å²) in [5.41, 5.74) is 2.75. The molecule has 2 aliphatic rings. The van der Waals surface area contributed by atoms with E-state index in [-0.39, 0.29) is 0 Å². The lowest BCUT2D eigenvalue weighted by molar-refractivity contribution is -0.904. The van der Waals surface area contributed by atoms with E-state index in [1.54, 1.807) is 0 Å². The standard InChI is InChI=1S/C18H26N2/c1-16-7-9-18(10-8-16)20-13-11-19(12-14-20)15-17-5-3-2-4-6-17/h2-3,7-10,17H,4-6,11-15H2,1H3/p+1/t17-/m1/s1. The van der Waals surface area contributed by atoms with E-state index in [1.807, 2.05) is 4.90 Å². The molecule has 2 nitrogen and oxygen atoms in total. The zero-order valence-corrected chi connectivity index (χ0v) is 12.6. The quantitative estimate of drug-likeness (QED) is 0.827. The lowest BCUT2D eigenvalue weighted by atomic mass is 9.94. The molecule has 1 heterocycles.